The lowest BCUT2D eigenvalue weighted by atomic mass is 10.1. The van der Waals surface area contributed by atoms with Crippen LogP contribution in [0, 0.1) is 0 Å². The van der Waals surface area contributed by atoms with Gasteiger partial charge in [-0.25, -0.2) is 4.79 Å². The molecule has 1 N–H and O–H groups in total. The van der Waals surface area contributed by atoms with Crippen LogP contribution in [-0.2, 0) is 16.1 Å². The fraction of sp³-hybridized carbons (Fsp3) is 0.267. The first kappa shape index (κ1) is 15.8. The number of halogens is 1. The van der Waals surface area contributed by atoms with E-state index < -0.39 is 12.0 Å². The van der Waals surface area contributed by atoms with Crippen LogP contribution in [-0.4, -0.2) is 20.2 Å². The Hall–Kier alpha value is -1.56. The van der Waals surface area contributed by atoms with Crippen molar-refractivity contribution in [3.05, 3.63) is 51.2 Å². The molecule has 2 rings (SSSR count). The van der Waals surface area contributed by atoms with Crippen LogP contribution in [0.15, 0.2) is 35.7 Å². The van der Waals surface area contributed by atoms with E-state index in [0.29, 0.717) is 22.9 Å². The highest BCUT2D eigenvalue weighted by atomic mass is 35.5. The third-order valence-electron chi connectivity index (χ3n) is 3.02. The Kier molecular flexibility index (Phi) is 5.61. The maximum Gasteiger partial charge on any atom is 0.327 e. The fourth-order valence-corrected chi connectivity index (χ4v) is 2.94. The Morgan fingerprint density at radius 3 is 2.76 bits per heavy atom. The molecule has 112 valence electrons. The summed E-state index contributed by atoms with van der Waals surface area (Å²) in [6.07, 6.45) is 0. The molecule has 0 aliphatic rings. The molecule has 0 saturated heterocycles. The van der Waals surface area contributed by atoms with Gasteiger partial charge in [-0.3, -0.25) is 5.32 Å². The van der Waals surface area contributed by atoms with Crippen LogP contribution >= 0.6 is 22.9 Å². The van der Waals surface area contributed by atoms with E-state index in [2.05, 4.69) is 5.32 Å². The van der Waals surface area contributed by atoms with Gasteiger partial charge in [0, 0.05) is 22.0 Å². The fourth-order valence-electron chi connectivity index (χ4n) is 2.01. The monoisotopic (exact) mass is 325 g/mol. The molecule has 1 aromatic carbocycles. The molecule has 0 aliphatic heterocycles. The molecule has 2 aromatic rings. The van der Waals surface area contributed by atoms with Gasteiger partial charge in [0.05, 0.1) is 14.2 Å². The van der Waals surface area contributed by atoms with Crippen molar-refractivity contribution in [2.24, 2.45) is 0 Å². The number of esters is 1. The number of hydrogen-bond donors (Lipinski definition) is 1. The highest BCUT2D eigenvalue weighted by molar-refractivity contribution is 7.09. The first-order valence-corrected chi connectivity index (χ1v) is 7.59. The molecule has 0 amide bonds. The van der Waals surface area contributed by atoms with Gasteiger partial charge >= 0.3 is 5.97 Å². The zero-order valence-corrected chi connectivity index (χ0v) is 13.3. The summed E-state index contributed by atoms with van der Waals surface area (Å²) in [7, 11) is 2.90. The third-order valence-corrected chi connectivity index (χ3v) is 4.22. The first-order chi connectivity index (χ1) is 10.2. The molecule has 0 saturated carbocycles. The highest BCUT2D eigenvalue weighted by Gasteiger charge is 2.26. The van der Waals surface area contributed by atoms with E-state index in [9.17, 15) is 4.79 Å². The zero-order valence-electron chi connectivity index (χ0n) is 11.8. The predicted molar refractivity (Wildman–Crippen MR) is 83.9 cm³/mol. The molecular formula is C15H16ClNO3S. The van der Waals surface area contributed by atoms with E-state index in [0.717, 1.165) is 4.88 Å². The zero-order chi connectivity index (χ0) is 15.2. The van der Waals surface area contributed by atoms with Gasteiger partial charge in [0.15, 0.2) is 0 Å². The Balaban J connectivity index is 2.29. The van der Waals surface area contributed by atoms with Crippen LogP contribution in [0.3, 0.4) is 0 Å². The van der Waals surface area contributed by atoms with E-state index in [1.807, 2.05) is 17.5 Å². The Morgan fingerprint density at radius 1 is 1.33 bits per heavy atom. The number of carbonyl (C=O) groups excluding carboxylic acids is 1. The summed E-state index contributed by atoms with van der Waals surface area (Å²) in [5.41, 5.74) is 0.588. The van der Waals surface area contributed by atoms with Crippen molar-refractivity contribution in [3.8, 4) is 5.75 Å². The summed E-state index contributed by atoms with van der Waals surface area (Å²) in [6, 6.07) is 8.55. The minimum Gasteiger partial charge on any atom is -0.496 e. The number of benzene rings is 1. The number of methoxy groups -OCH3 is 2. The van der Waals surface area contributed by atoms with Gasteiger partial charge in [-0.05, 0) is 23.6 Å². The smallest absolute Gasteiger partial charge is 0.327 e. The van der Waals surface area contributed by atoms with Gasteiger partial charge in [0.25, 0.3) is 0 Å². The molecule has 4 nitrogen and oxygen atoms in total. The Morgan fingerprint density at radius 2 is 2.14 bits per heavy atom. The topological polar surface area (TPSA) is 47.6 Å². The largest absolute Gasteiger partial charge is 0.496 e. The summed E-state index contributed by atoms with van der Waals surface area (Å²) in [5.74, 6) is 0.148. The van der Waals surface area contributed by atoms with Crippen LogP contribution in [0.1, 0.15) is 16.5 Å². The summed E-state index contributed by atoms with van der Waals surface area (Å²) >= 11 is 7.85. The molecule has 0 bridgehead atoms. The van der Waals surface area contributed by atoms with Crippen molar-refractivity contribution in [3.63, 3.8) is 0 Å². The summed E-state index contributed by atoms with van der Waals surface area (Å²) in [5, 5.41) is 5.62. The SMILES string of the molecule is COC(=O)C(NCc1cccs1)c1c(Cl)cccc1OC. The molecule has 21 heavy (non-hydrogen) atoms. The van der Waals surface area contributed by atoms with Crippen LogP contribution in [0.25, 0.3) is 0 Å². The van der Waals surface area contributed by atoms with E-state index >= 15 is 0 Å². The van der Waals surface area contributed by atoms with E-state index in [1.54, 1.807) is 36.6 Å². The number of thiophene rings is 1. The van der Waals surface area contributed by atoms with Crippen LogP contribution in [0.2, 0.25) is 5.02 Å². The molecule has 0 fully saturated rings. The maximum atomic E-state index is 12.1. The third kappa shape index (κ3) is 3.75. The van der Waals surface area contributed by atoms with Gasteiger partial charge in [-0.1, -0.05) is 23.7 Å². The van der Waals surface area contributed by atoms with E-state index in [1.165, 1.54) is 7.11 Å². The standard InChI is InChI=1S/C15H16ClNO3S/c1-19-12-7-3-6-11(16)13(12)14(15(18)20-2)17-9-10-5-4-8-21-10/h3-8,14,17H,9H2,1-2H3. The maximum absolute atomic E-state index is 12.1. The Labute approximate surface area is 132 Å². The highest BCUT2D eigenvalue weighted by Crippen LogP contribution is 2.33. The van der Waals surface area contributed by atoms with Crippen LogP contribution in [0.5, 0.6) is 5.75 Å². The van der Waals surface area contributed by atoms with Crippen molar-refractivity contribution < 1.29 is 14.3 Å². The van der Waals surface area contributed by atoms with Gasteiger partial charge in [-0.2, -0.15) is 0 Å². The summed E-state index contributed by atoms with van der Waals surface area (Å²) in [6.45, 7) is 0.547. The van der Waals surface area contributed by atoms with Crippen LogP contribution < -0.4 is 10.1 Å². The molecule has 1 atom stereocenters. The summed E-state index contributed by atoms with van der Waals surface area (Å²) < 4.78 is 10.2. The molecule has 0 radical (unpaired) electrons. The number of ether oxygens (including phenoxy) is 2. The number of nitrogens with one attached hydrogen (secondary N) is 1. The summed E-state index contributed by atoms with van der Waals surface area (Å²) in [4.78, 5) is 13.2. The molecular weight excluding hydrogens is 310 g/mol. The van der Waals surface area contributed by atoms with Crippen LogP contribution in [0.4, 0.5) is 0 Å². The van der Waals surface area contributed by atoms with Crippen molar-refractivity contribution >= 4 is 28.9 Å². The molecule has 6 heteroatoms. The average molecular weight is 326 g/mol. The van der Waals surface area contributed by atoms with E-state index in [-0.39, 0.29) is 0 Å². The van der Waals surface area contributed by atoms with Crippen molar-refractivity contribution in [1.82, 2.24) is 5.32 Å². The minimum absolute atomic E-state index is 0.405. The van der Waals surface area contributed by atoms with Crippen molar-refractivity contribution in [2.75, 3.05) is 14.2 Å². The minimum atomic E-state index is -0.680. The molecule has 1 heterocycles. The molecule has 0 spiro atoms. The average Bonchev–Trinajstić information content (AvgIpc) is 3.01. The quantitative estimate of drug-likeness (QED) is 0.827. The number of carbonyl (C=O) groups is 1. The molecule has 0 aliphatic carbocycles. The second kappa shape index (κ2) is 7.45. The second-order valence-corrected chi connectivity index (χ2v) is 5.71. The van der Waals surface area contributed by atoms with Crippen molar-refractivity contribution in [2.45, 2.75) is 12.6 Å². The normalized spacial score (nSPS) is 12.0. The first-order valence-electron chi connectivity index (χ1n) is 6.33. The van der Waals surface area contributed by atoms with Gasteiger partial charge in [0.1, 0.15) is 11.8 Å². The molecule has 1 unspecified atom stereocenters. The molecule has 1 aromatic heterocycles. The van der Waals surface area contributed by atoms with Gasteiger partial charge < -0.3 is 9.47 Å². The van der Waals surface area contributed by atoms with Gasteiger partial charge in [0.2, 0.25) is 0 Å². The van der Waals surface area contributed by atoms with E-state index in [4.69, 9.17) is 21.1 Å². The van der Waals surface area contributed by atoms with Gasteiger partial charge in [-0.15, -0.1) is 11.3 Å². The second-order valence-electron chi connectivity index (χ2n) is 4.27. The lowest BCUT2D eigenvalue weighted by molar-refractivity contribution is -0.143. The Bertz CT molecular complexity index is 601. The number of rotatable bonds is 6. The van der Waals surface area contributed by atoms with Crippen molar-refractivity contribution in [1.29, 1.82) is 0 Å². The lowest BCUT2D eigenvalue weighted by Crippen LogP contribution is -2.29. The lowest BCUT2D eigenvalue weighted by Gasteiger charge is -2.20. The number of hydrogen-bond acceptors (Lipinski definition) is 5. The predicted octanol–water partition coefficient (Wildman–Crippen LogP) is 3.41.